The summed E-state index contributed by atoms with van der Waals surface area (Å²) in [5.41, 5.74) is 7.77. The normalized spacial score (nSPS) is 19.6. The Bertz CT molecular complexity index is 1480. The molecule has 3 aromatic rings. The molecule has 2 aliphatic heterocycles. The molecule has 1 fully saturated rings. The molecular weight excluding hydrogens is 522 g/mol. The number of aliphatic hydroxyl groups excluding tert-OH is 1. The number of anilines is 1. The summed E-state index contributed by atoms with van der Waals surface area (Å²) in [6, 6.07) is 2.73. The van der Waals surface area contributed by atoms with Gasteiger partial charge in [0.2, 0.25) is 0 Å². The molecule has 0 aliphatic carbocycles. The number of amides is 2. The summed E-state index contributed by atoms with van der Waals surface area (Å²) in [7, 11) is 1.28. The summed E-state index contributed by atoms with van der Waals surface area (Å²) < 4.78 is 3.66. The van der Waals surface area contributed by atoms with Gasteiger partial charge in [0.25, 0.3) is 11.8 Å². The van der Waals surface area contributed by atoms with Gasteiger partial charge in [-0.2, -0.15) is 4.57 Å². The molecule has 0 aromatic carbocycles. The molecule has 5 rings (SSSR count). The van der Waals surface area contributed by atoms with Crippen molar-refractivity contribution in [2.75, 3.05) is 18.6 Å². The van der Waals surface area contributed by atoms with E-state index in [2.05, 4.69) is 15.5 Å². The lowest BCUT2D eigenvalue weighted by molar-refractivity contribution is -0.688. The van der Waals surface area contributed by atoms with Crippen molar-refractivity contribution in [2.45, 2.75) is 24.6 Å². The van der Waals surface area contributed by atoms with Gasteiger partial charge in [0, 0.05) is 22.4 Å². The maximum atomic E-state index is 13.0. The number of thiazole rings is 1. The molecule has 13 nitrogen and oxygen atoms in total. The molecule has 2 atom stereocenters. The molecule has 2 amide bonds. The van der Waals surface area contributed by atoms with Crippen LogP contribution >= 0.6 is 23.1 Å². The van der Waals surface area contributed by atoms with Crippen molar-refractivity contribution >= 4 is 57.2 Å². The number of nitrogens with two attached hydrogens (primary N) is 1. The van der Waals surface area contributed by atoms with Gasteiger partial charge in [-0.1, -0.05) is 5.16 Å². The number of aromatic nitrogens is 3. The van der Waals surface area contributed by atoms with Crippen LogP contribution in [-0.4, -0.2) is 72.3 Å². The minimum atomic E-state index is -1.22. The number of aliphatic carboxylic acids is 1. The van der Waals surface area contributed by atoms with Crippen LogP contribution in [-0.2, 0) is 32.4 Å². The minimum absolute atomic E-state index is 0.0869. The lowest BCUT2D eigenvalue weighted by Crippen LogP contribution is -2.71. The first-order valence-electron chi connectivity index (χ1n) is 11.0. The lowest BCUT2D eigenvalue weighted by Gasteiger charge is -2.49. The smallest absolute Gasteiger partial charge is 0.352 e. The van der Waals surface area contributed by atoms with E-state index in [9.17, 15) is 24.6 Å². The van der Waals surface area contributed by atoms with Crippen molar-refractivity contribution in [3.8, 4) is 0 Å². The zero-order chi connectivity index (χ0) is 26.3. The summed E-state index contributed by atoms with van der Waals surface area (Å²) in [5, 5.41) is 27.0. The lowest BCUT2D eigenvalue weighted by atomic mass is 10.0. The predicted molar refractivity (Wildman–Crippen MR) is 133 cm³/mol. The van der Waals surface area contributed by atoms with Crippen molar-refractivity contribution in [1.82, 2.24) is 19.6 Å². The highest BCUT2D eigenvalue weighted by molar-refractivity contribution is 8.00. The van der Waals surface area contributed by atoms with Gasteiger partial charge >= 0.3 is 5.97 Å². The van der Waals surface area contributed by atoms with E-state index in [-0.39, 0.29) is 35.4 Å². The number of thioether (sulfide) groups is 1. The number of rotatable bonds is 8. The monoisotopic (exact) mass is 544 g/mol. The molecule has 192 valence electrons. The maximum Gasteiger partial charge on any atom is 0.352 e. The van der Waals surface area contributed by atoms with Crippen LogP contribution in [0.3, 0.4) is 0 Å². The van der Waals surface area contributed by atoms with Gasteiger partial charge in [-0.15, -0.1) is 23.1 Å². The highest BCUT2D eigenvalue weighted by atomic mass is 32.2. The quantitative estimate of drug-likeness (QED) is 0.127. The number of hydrogen-bond donors (Lipinski definition) is 4. The number of nitrogens with zero attached hydrogens (tertiary/aromatic N) is 5. The van der Waals surface area contributed by atoms with E-state index in [0.717, 1.165) is 22.5 Å². The number of carbonyl (C=O) groups is 3. The molecule has 3 aromatic heterocycles. The molecule has 0 unspecified atom stereocenters. The average molecular weight is 545 g/mol. The van der Waals surface area contributed by atoms with Gasteiger partial charge in [-0.05, 0) is 12.1 Å². The van der Waals surface area contributed by atoms with Crippen molar-refractivity contribution < 1.29 is 34.0 Å². The largest absolute Gasteiger partial charge is 0.477 e. The van der Waals surface area contributed by atoms with E-state index < -0.39 is 29.2 Å². The van der Waals surface area contributed by atoms with Crippen LogP contribution < -0.4 is 15.6 Å². The van der Waals surface area contributed by atoms with Crippen LogP contribution in [0.5, 0.6) is 0 Å². The van der Waals surface area contributed by atoms with E-state index in [1.807, 2.05) is 27.3 Å². The van der Waals surface area contributed by atoms with Crippen molar-refractivity contribution in [1.29, 1.82) is 0 Å². The predicted octanol–water partition coefficient (Wildman–Crippen LogP) is -0.453. The summed E-state index contributed by atoms with van der Waals surface area (Å²) in [6.07, 6.45) is 5.40. The molecule has 15 heteroatoms. The Hall–Kier alpha value is -3.95. The van der Waals surface area contributed by atoms with Gasteiger partial charge in [-0.25, -0.2) is 9.78 Å². The first kappa shape index (κ1) is 24.7. The summed E-state index contributed by atoms with van der Waals surface area (Å²) in [5.74, 6) is -2.08. The molecule has 37 heavy (non-hydrogen) atoms. The van der Waals surface area contributed by atoms with Crippen molar-refractivity contribution in [2.24, 2.45) is 5.16 Å². The molecule has 5 heterocycles. The second-order valence-corrected chi connectivity index (χ2v) is 10.2. The minimum Gasteiger partial charge on any atom is -0.477 e. The summed E-state index contributed by atoms with van der Waals surface area (Å²) >= 11 is 2.49. The van der Waals surface area contributed by atoms with Gasteiger partial charge in [0.05, 0.1) is 12.8 Å². The summed E-state index contributed by atoms with van der Waals surface area (Å²) in [6.45, 7) is 0.157. The number of nitrogen functional groups attached to an aromatic ring is 1. The Labute approximate surface area is 217 Å². The standard InChI is InChI=1S/C22H21N7O6S2/c1-35-26-15(14-10-37-22(23)24-14)18(31)25-16-19(32)29-17(21(33)34)11(9-36-20(16)29)6-27-4-5-28-12(7-27)2-3-13(28)8-30/h2-5,7,10,16,20,30H,6,8-9H2,1H3,(H3-,23,24,25,31,33,34)/p+1/t16-,20+/m1/s1. The molecule has 0 spiro atoms. The SMILES string of the molecule is CON=C(C(=O)N[C@@H]1C(=O)N2C(C(=O)O)=C(C[n+]3ccn4c(CO)ccc4c3)CS[C@@H]12)c1csc(N)n1. The van der Waals surface area contributed by atoms with Crippen LogP contribution in [0, 0.1) is 0 Å². The third-order valence-corrected chi connectivity index (χ3v) is 7.99. The summed E-state index contributed by atoms with van der Waals surface area (Å²) in [4.78, 5) is 48.1. The fraction of sp³-hybridized carbons (Fsp3) is 0.273. The van der Waals surface area contributed by atoms with Gasteiger partial charge in [0.15, 0.2) is 29.8 Å². The number of carbonyl (C=O) groups excluding carboxylic acids is 2. The van der Waals surface area contributed by atoms with Crippen LogP contribution in [0.2, 0.25) is 0 Å². The average Bonchev–Trinajstić information content (AvgIpc) is 3.50. The molecular formula is C22H22N7O6S2+. The number of oxime groups is 1. The number of carboxylic acid groups (broad SMARTS) is 1. The third-order valence-electron chi connectivity index (χ3n) is 5.97. The van der Waals surface area contributed by atoms with E-state index in [1.165, 1.54) is 23.8 Å². The van der Waals surface area contributed by atoms with Gasteiger partial charge in [0.1, 0.15) is 35.4 Å². The zero-order valence-electron chi connectivity index (χ0n) is 19.4. The molecule has 2 aliphatic rings. The van der Waals surface area contributed by atoms with Crippen molar-refractivity contribution in [3.05, 3.63) is 58.8 Å². The second kappa shape index (κ2) is 9.84. The Balaban J connectivity index is 1.35. The first-order chi connectivity index (χ1) is 17.8. The van der Waals surface area contributed by atoms with Crippen molar-refractivity contribution in [3.63, 3.8) is 0 Å². The molecule has 1 saturated heterocycles. The topological polar surface area (TPSA) is 176 Å². The number of carboxylic acids is 1. The second-order valence-electron chi connectivity index (χ2n) is 8.19. The first-order valence-corrected chi connectivity index (χ1v) is 12.9. The number of fused-ring (bicyclic) bond motifs is 2. The Kier molecular flexibility index (Phi) is 6.57. The van der Waals surface area contributed by atoms with Crippen LogP contribution in [0.1, 0.15) is 11.4 Å². The third kappa shape index (κ3) is 4.41. The van der Waals surface area contributed by atoms with E-state index in [4.69, 9.17) is 10.6 Å². The fourth-order valence-electron chi connectivity index (χ4n) is 4.31. The number of β-lactam (4-membered cyclic amide) rings is 1. The highest BCUT2D eigenvalue weighted by Gasteiger charge is 2.54. The zero-order valence-corrected chi connectivity index (χ0v) is 21.0. The Morgan fingerprint density at radius 3 is 2.89 bits per heavy atom. The number of hydrogen-bond acceptors (Lipinski definition) is 10. The van der Waals surface area contributed by atoms with E-state index >= 15 is 0 Å². The van der Waals surface area contributed by atoms with Gasteiger partial charge in [-0.3, -0.25) is 14.5 Å². The molecule has 0 saturated carbocycles. The number of aliphatic hydroxyl groups is 1. The molecule has 0 bridgehead atoms. The highest BCUT2D eigenvalue weighted by Crippen LogP contribution is 2.40. The Morgan fingerprint density at radius 2 is 2.22 bits per heavy atom. The Morgan fingerprint density at radius 1 is 1.41 bits per heavy atom. The van der Waals surface area contributed by atoms with Crippen LogP contribution in [0.15, 0.2) is 52.5 Å². The maximum absolute atomic E-state index is 13.0. The molecule has 0 radical (unpaired) electrons. The van der Waals surface area contributed by atoms with E-state index in [0.29, 0.717) is 11.3 Å². The van der Waals surface area contributed by atoms with E-state index in [1.54, 1.807) is 17.8 Å². The van der Waals surface area contributed by atoms with Crippen LogP contribution in [0.4, 0.5) is 5.13 Å². The fourth-order valence-corrected chi connectivity index (χ4v) is 6.20. The number of nitrogens with one attached hydrogen (secondary N) is 1. The molecule has 5 N–H and O–H groups in total. The van der Waals surface area contributed by atoms with Crippen LogP contribution in [0.25, 0.3) is 5.52 Å². The van der Waals surface area contributed by atoms with Gasteiger partial charge < -0.3 is 30.5 Å².